The number of hydrogen-bond acceptors (Lipinski definition) is 1. The van der Waals surface area contributed by atoms with E-state index in [2.05, 4.69) is 61.5 Å². The van der Waals surface area contributed by atoms with Crippen LogP contribution in [0, 0.1) is 0 Å². The second kappa shape index (κ2) is 4.56. The molecule has 1 heterocycles. The maximum Gasteiger partial charge on any atom is 0.0571 e. The molecule has 0 saturated carbocycles. The van der Waals surface area contributed by atoms with Crippen molar-refractivity contribution in [1.82, 2.24) is 4.90 Å². The van der Waals surface area contributed by atoms with Gasteiger partial charge in [-0.25, -0.2) is 0 Å². The Kier molecular flexibility index (Phi) is 3.14. The third-order valence-electron chi connectivity index (χ3n) is 3.11. The summed E-state index contributed by atoms with van der Waals surface area (Å²) in [5.74, 6) is 0. The van der Waals surface area contributed by atoms with E-state index in [1.165, 1.54) is 16.7 Å². The highest BCUT2D eigenvalue weighted by Gasteiger charge is 2.20. The Morgan fingerprint density at radius 2 is 1.94 bits per heavy atom. The van der Waals surface area contributed by atoms with Crippen molar-refractivity contribution in [3.8, 4) is 0 Å². The number of benzene rings is 1. The fraction of sp³-hybridized carbons (Fsp3) is 0.333. The Hall–Kier alpha value is -1.50. The van der Waals surface area contributed by atoms with E-state index in [0.717, 1.165) is 6.42 Å². The number of rotatable bonds is 2. The second-order valence-corrected chi connectivity index (χ2v) is 4.53. The number of nitrogens with zero attached hydrogens (tertiary/aromatic N) is 1. The Balaban J connectivity index is 2.17. The zero-order chi connectivity index (χ0) is 11.5. The third kappa shape index (κ3) is 2.19. The summed E-state index contributed by atoms with van der Waals surface area (Å²) in [5, 5.41) is 0. The molecular weight excluding hydrogens is 194 g/mol. The molecule has 1 heteroatoms. The molecule has 0 aromatic heterocycles. The first kappa shape index (κ1) is 11.0. The minimum Gasteiger partial charge on any atom is -0.373 e. The van der Waals surface area contributed by atoms with Gasteiger partial charge in [-0.3, -0.25) is 0 Å². The average molecular weight is 213 g/mol. The summed E-state index contributed by atoms with van der Waals surface area (Å²) in [4.78, 5) is 2.31. The minimum atomic E-state index is 0.527. The van der Waals surface area contributed by atoms with Gasteiger partial charge >= 0.3 is 0 Å². The van der Waals surface area contributed by atoms with Crippen LogP contribution in [0.25, 0.3) is 6.08 Å². The topological polar surface area (TPSA) is 3.24 Å². The van der Waals surface area contributed by atoms with Crippen LogP contribution in [-0.4, -0.2) is 11.9 Å². The van der Waals surface area contributed by atoms with Gasteiger partial charge in [0.15, 0.2) is 0 Å². The van der Waals surface area contributed by atoms with E-state index < -0.39 is 0 Å². The van der Waals surface area contributed by atoms with E-state index in [-0.39, 0.29) is 0 Å². The molecule has 16 heavy (non-hydrogen) atoms. The molecule has 2 rings (SSSR count). The first-order chi connectivity index (χ1) is 7.70. The van der Waals surface area contributed by atoms with Crippen molar-refractivity contribution >= 4 is 6.08 Å². The van der Waals surface area contributed by atoms with Crippen molar-refractivity contribution in [1.29, 1.82) is 0 Å². The van der Waals surface area contributed by atoms with Crippen molar-refractivity contribution in [2.24, 2.45) is 0 Å². The van der Waals surface area contributed by atoms with Gasteiger partial charge < -0.3 is 4.90 Å². The average Bonchev–Trinajstić information content (AvgIpc) is 2.59. The van der Waals surface area contributed by atoms with Gasteiger partial charge in [0, 0.05) is 7.05 Å². The maximum atomic E-state index is 2.31. The molecule has 0 aliphatic carbocycles. The summed E-state index contributed by atoms with van der Waals surface area (Å²) in [6, 6.07) is 9.39. The zero-order valence-electron chi connectivity index (χ0n) is 10.3. The molecule has 84 valence electrons. The van der Waals surface area contributed by atoms with Gasteiger partial charge in [0.2, 0.25) is 0 Å². The fourth-order valence-electron chi connectivity index (χ4n) is 2.31. The van der Waals surface area contributed by atoms with Crippen LogP contribution in [0.15, 0.2) is 42.1 Å². The Morgan fingerprint density at radius 1 is 1.25 bits per heavy atom. The molecule has 0 saturated heterocycles. The molecule has 1 aliphatic rings. The zero-order valence-corrected chi connectivity index (χ0v) is 10.3. The van der Waals surface area contributed by atoms with E-state index in [4.69, 9.17) is 0 Å². The minimum absolute atomic E-state index is 0.527. The second-order valence-electron chi connectivity index (χ2n) is 4.53. The molecule has 1 unspecified atom stereocenters. The van der Waals surface area contributed by atoms with Gasteiger partial charge in [-0.05, 0) is 37.6 Å². The summed E-state index contributed by atoms with van der Waals surface area (Å²) in [7, 11) is 2.15. The first-order valence-electron chi connectivity index (χ1n) is 5.82. The van der Waals surface area contributed by atoms with Crippen molar-refractivity contribution in [2.45, 2.75) is 26.3 Å². The normalized spacial score (nSPS) is 20.6. The lowest BCUT2D eigenvalue weighted by Gasteiger charge is -2.21. The van der Waals surface area contributed by atoms with Crippen LogP contribution in [0.5, 0.6) is 0 Å². The van der Waals surface area contributed by atoms with Gasteiger partial charge in [0.25, 0.3) is 0 Å². The Labute approximate surface area is 98.1 Å². The molecule has 1 aliphatic heterocycles. The molecule has 1 atom stereocenters. The third-order valence-corrected chi connectivity index (χ3v) is 3.11. The smallest absolute Gasteiger partial charge is 0.0571 e. The molecule has 0 N–H and O–H groups in total. The quantitative estimate of drug-likeness (QED) is 0.717. The summed E-state index contributed by atoms with van der Waals surface area (Å²) < 4.78 is 0. The Bertz CT molecular complexity index is 412. The molecule has 1 aromatic rings. The summed E-state index contributed by atoms with van der Waals surface area (Å²) >= 11 is 0. The standard InChI is InChI=1S/C15H19N/c1-4-5-13-6-8-14(9-7-13)15-10-12(2)11-16(15)3/h4-9,11,15H,10H2,1-3H3/b5-4+. The molecule has 0 spiro atoms. The van der Waals surface area contributed by atoms with Gasteiger partial charge in [0.1, 0.15) is 0 Å². The predicted molar refractivity (Wildman–Crippen MR) is 70.0 cm³/mol. The van der Waals surface area contributed by atoms with Crippen LogP contribution < -0.4 is 0 Å². The van der Waals surface area contributed by atoms with Crippen LogP contribution in [0.2, 0.25) is 0 Å². The van der Waals surface area contributed by atoms with E-state index >= 15 is 0 Å². The van der Waals surface area contributed by atoms with Gasteiger partial charge in [-0.15, -0.1) is 0 Å². The van der Waals surface area contributed by atoms with Crippen molar-refractivity contribution in [3.63, 3.8) is 0 Å². The molecule has 0 fully saturated rings. The van der Waals surface area contributed by atoms with E-state index in [1.807, 2.05) is 6.92 Å². The molecule has 0 radical (unpaired) electrons. The molecule has 0 bridgehead atoms. The highest BCUT2D eigenvalue weighted by Crippen LogP contribution is 2.32. The highest BCUT2D eigenvalue weighted by atomic mass is 15.1. The van der Waals surface area contributed by atoms with E-state index in [1.54, 1.807) is 0 Å². The van der Waals surface area contributed by atoms with Gasteiger partial charge in [-0.2, -0.15) is 0 Å². The van der Waals surface area contributed by atoms with Crippen LogP contribution in [0.1, 0.15) is 37.4 Å². The lowest BCUT2D eigenvalue weighted by molar-refractivity contribution is 0.367. The van der Waals surface area contributed by atoms with Crippen LogP contribution >= 0.6 is 0 Å². The van der Waals surface area contributed by atoms with Crippen molar-refractivity contribution < 1.29 is 0 Å². The highest BCUT2D eigenvalue weighted by molar-refractivity contribution is 5.49. The summed E-state index contributed by atoms with van der Waals surface area (Å²) in [5.41, 5.74) is 4.14. The van der Waals surface area contributed by atoms with E-state index in [0.29, 0.717) is 6.04 Å². The first-order valence-corrected chi connectivity index (χ1v) is 5.82. The lowest BCUT2D eigenvalue weighted by Crippen LogP contribution is -2.13. The van der Waals surface area contributed by atoms with Crippen molar-refractivity contribution in [2.75, 3.05) is 7.05 Å². The largest absolute Gasteiger partial charge is 0.373 e. The lowest BCUT2D eigenvalue weighted by atomic mass is 10.0. The fourth-order valence-corrected chi connectivity index (χ4v) is 2.31. The van der Waals surface area contributed by atoms with Crippen LogP contribution in [0.3, 0.4) is 0 Å². The SMILES string of the molecule is C/C=C/c1ccc(C2CC(C)=CN2C)cc1. The number of hydrogen-bond donors (Lipinski definition) is 0. The molecule has 1 nitrogen and oxygen atoms in total. The van der Waals surface area contributed by atoms with Gasteiger partial charge in [0.05, 0.1) is 6.04 Å². The van der Waals surface area contributed by atoms with Crippen LogP contribution in [0.4, 0.5) is 0 Å². The summed E-state index contributed by atoms with van der Waals surface area (Å²) in [6.45, 7) is 4.25. The van der Waals surface area contributed by atoms with Crippen LogP contribution in [-0.2, 0) is 0 Å². The van der Waals surface area contributed by atoms with E-state index in [9.17, 15) is 0 Å². The number of allylic oxidation sites excluding steroid dienone is 1. The molecular formula is C15H19N. The molecule has 0 amide bonds. The summed E-state index contributed by atoms with van der Waals surface area (Å²) in [6.07, 6.45) is 7.60. The molecule has 1 aromatic carbocycles. The monoisotopic (exact) mass is 213 g/mol. The predicted octanol–water partition coefficient (Wildman–Crippen LogP) is 4.00. The maximum absolute atomic E-state index is 2.31. The van der Waals surface area contributed by atoms with Gasteiger partial charge in [-0.1, -0.05) is 42.0 Å². The van der Waals surface area contributed by atoms with Crippen molar-refractivity contribution in [3.05, 3.63) is 53.2 Å². The Morgan fingerprint density at radius 3 is 2.44 bits per heavy atom.